The Hall–Kier alpha value is -2.17. The number of benzene rings is 2. The first-order valence-corrected chi connectivity index (χ1v) is 11.2. The second kappa shape index (κ2) is 5.17. The molecule has 4 heteroatoms. The first-order valence-electron chi connectivity index (χ1n) is 11.2. The number of aryl methyl sites for hydroxylation is 1. The molecule has 4 nitrogen and oxygen atoms in total. The van der Waals surface area contributed by atoms with Crippen LogP contribution in [0.25, 0.3) is 0 Å². The minimum Gasteiger partial charge on any atom is -0.481 e. The molecule has 7 rings (SSSR count). The lowest BCUT2D eigenvalue weighted by Crippen LogP contribution is -2.79. The Morgan fingerprint density at radius 3 is 2.57 bits per heavy atom. The Morgan fingerprint density at radius 1 is 1.10 bits per heavy atom. The van der Waals surface area contributed by atoms with Crippen LogP contribution in [-0.4, -0.2) is 47.1 Å². The molecule has 2 spiro atoms. The molecule has 2 aromatic carbocycles. The third-order valence-corrected chi connectivity index (χ3v) is 9.24. The fraction of sp³-hybridized carbons (Fsp3) is 0.500. The van der Waals surface area contributed by atoms with Crippen molar-refractivity contribution in [2.24, 2.45) is 5.41 Å². The quantitative estimate of drug-likeness (QED) is 0.738. The molecular formula is C26H27NO3. The number of ketones is 1. The highest BCUT2D eigenvalue weighted by molar-refractivity contribution is 5.95. The summed E-state index contributed by atoms with van der Waals surface area (Å²) in [7, 11) is 2.13. The van der Waals surface area contributed by atoms with Gasteiger partial charge in [-0.25, -0.2) is 0 Å². The molecular weight excluding hydrogens is 374 g/mol. The summed E-state index contributed by atoms with van der Waals surface area (Å²) in [4.78, 5) is 16.6. The minimum atomic E-state index is -0.952. The number of nitrogens with zero attached hydrogens (tertiary/aromatic N) is 1. The van der Waals surface area contributed by atoms with Gasteiger partial charge in [-0.3, -0.25) is 4.79 Å². The molecule has 2 unspecified atom stereocenters. The third kappa shape index (κ3) is 1.70. The smallest absolute Gasteiger partial charge is 0.181 e. The number of likely N-dealkylation sites (N-methyl/N-ethyl adjacent to an activating group) is 1. The number of aliphatic hydroxyl groups is 1. The van der Waals surface area contributed by atoms with Gasteiger partial charge < -0.3 is 14.7 Å². The van der Waals surface area contributed by atoms with E-state index in [-0.39, 0.29) is 11.8 Å². The van der Waals surface area contributed by atoms with Gasteiger partial charge in [0.25, 0.3) is 0 Å². The van der Waals surface area contributed by atoms with Crippen molar-refractivity contribution in [3.63, 3.8) is 0 Å². The average molecular weight is 402 g/mol. The summed E-state index contributed by atoms with van der Waals surface area (Å²) in [6, 6.07) is 12.7. The number of carbonyl (C=O) groups excluding carboxylic acids is 1. The van der Waals surface area contributed by atoms with Gasteiger partial charge in [0, 0.05) is 17.0 Å². The first-order chi connectivity index (χ1) is 14.4. The zero-order chi connectivity index (χ0) is 20.5. The summed E-state index contributed by atoms with van der Waals surface area (Å²) >= 11 is 0. The lowest BCUT2D eigenvalue weighted by Gasteiger charge is -2.64. The molecule has 154 valence electrons. The van der Waals surface area contributed by atoms with Crippen molar-refractivity contribution in [2.45, 2.75) is 62.2 Å². The van der Waals surface area contributed by atoms with Crippen molar-refractivity contribution in [1.29, 1.82) is 0 Å². The summed E-state index contributed by atoms with van der Waals surface area (Å²) in [6.07, 6.45) is 3.01. The molecule has 3 aliphatic carbocycles. The van der Waals surface area contributed by atoms with Crippen molar-refractivity contribution >= 4 is 5.78 Å². The number of rotatable bonds is 0. The second-order valence-corrected chi connectivity index (χ2v) is 10.5. The third-order valence-electron chi connectivity index (χ3n) is 9.24. The van der Waals surface area contributed by atoms with Crippen molar-refractivity contribution in [3.8, 4) is 5.75 Å². The number of carbonyl (C=O) groups is 1. The van der Waals surface area contributed by atoms with Crippen molar-refractivity contribution in [2.75, 3.05) is 13.6 Å². The SMILES string of the molecule is Cc1ccc2c3c1OC1C(=O)C4(Cc5ccccc5C4)CC4(O)[C@@H](C2)N(C)CC[C@]314. The number of likely N-dealkylation sites (tertiary alicyclic amines) is 1. The van der Waals surface area contributed by atoms with Crippen LogP contribution in [0.1, 0.15) is 40.7 Å². The van der Waals surface area contributed by atoms with Crippen LogP contribution in [0.4, 0.5) is 0 Å². The van der Waals surface area contributed by atoms with Crippen LogP contribution in [0, 0.1) is 12.3 Å². The zero-order valence-electron chi connectivity index (χ0n) is 17.6. The maximum atomic E-state index is 14.2. The predicted octanol–water partition coefficient (Wildman–Crippen LogP) is 2.74. The Balaban J connectivity index is 1.48. The highest BCUT2D eigenvalue weighted by atomic mass is 16.5. The second-order valence-electron chi connectivity index (χ2n) is 10.5. The fourth-order valence-corrected chi connectivity index (χ4v) is 7.93. The number of fused-ring (bicyclic) bond motifs is 1. The Kier molecular flexibility index (Phi) is 3.02. The molecule has 0 amide bonds. The Bertz CT molecular complexity index is 1110. The van der Waals surface area contributed by atoms with Crippen LogP contribution in [0.3, 0.4) is 0 Å². The van der Waals surface area contributed by atoms with Crippen LogP contribution < -0.4 is 4.74 Å². The Labute approximate surface area is 176 Å². The van der Waals surface area contributed by atoms with Gasteiger partial charge in [-0.1, -0.05) is 36.4 Å². The van der Waals surface area contributed by atoms with Gasteiger partial charge in [0.1, 0.15) is 5.75 Å². The molecule has 1 saturated heterocycles. The topological polar surface area (TPSA) is 49.8 Å². The summed E-state index contributed by atoms with van der Waals surface area (Å²) in [6.45, 7) is 2.95. The summed E-state index contributed by atoms with van der Waals surface area (Å²) < 4.78 is 6.58. The number of hydrogen-bond donors (Lipinski definition) is 1. The van der Waals surface area contributed by atoms with Crippen LogP contribution in [0.15, 0.2) is 36.4 Å². The van der Waals surface area contributed by atoms with E-state index < -0.39 is 22.5 Å². The van der Waals surface area contributed by atoms with Crippen molar-refractivity contribution < 1.29 is 14.6 Å². The van der Waals surface area contributed by atoms with Gasteiger partial charge in [-0.05, 0) is 74.9 Å². The van der Waals surface area contributed by atoms with E-state index in [9.17, 15) is 9.90 Å². The van der Waals surface area contributed by atoms with Gasteiger partial charge in [0.05, 0.1) is 11.0 Å². The van der Waals surface area contributed by atoms with Crippen LogP contribution >= 0.6 is 0 Å². The molecule has 2 aromatic rings. The molecule has 0 radical (unpaired) electrons. The van der Waals surface area contributed by atoms with Crippen LogP contribution in [0.5, 0.6) is 5.75 Å². The van der Waals surface area contributed by atoms with Crippen LogP contribution in [0.2, 0.25) is 0 Å². The van der Waals surface area contributed by atoms with E-state index in [1.807, 2.05) is 0 Å². The normalized spacial score (nSPS) is 37.1. The molecule has 1 N–H and O–H groups in total. The zero-order valence-corrected chi connectivity index (χ0v) is 17.6. The Morgan fingerprint density at radius 2 is 1.83 bits per heavy atom. The van der Waals surface area contributed by atoms with Gasteiger partial charge in [0.2, 0.25) is 0 Å². The highest BCUT2D eigenvalue weighted by Gasteiger charge is 2.77. The lowest BCUT2D eigenvalue weighted by atomic mass is 9.44. The molecule has 2 heterocycles. The van der Waals surface area contributed by atoms with E-state index in [2.05, 4.69) is 55.3 Å². The van der Waals surface area contributed by atoms with Gasteiger partial charge >= 0.3 is 0 Å². The highest BCUT2D eigenvalue weighted by Crippen LogP contribution is 2.67. The van der Waals surface area contributed by atoms with E-state index in [4.69, 9.17) is 4.74 Å². The monoisotopic (exact) mass is 401 g/mol. The standard InChI is InChI=1S/C26H27NO3/c1-15-7-8-16-11-19-26(29)14-24(12-17-5-3-4-6-18(17)13-24)22(28)23-25(26,9-10-27(19)2)20(16)21(15)30-23/h3-8,19,23,29H,9-14H2,1-2H3/t19-,23?,25+,26?/m1/s1. The number of ether oxygens (including phenoxy) is 1. The number of piperidine rings is 1. The van der Waals surface area contributed by atoms with E-state index in [1.54, 1.807) is 0 Å². The number of hydrogen-bond acceptors (Lipinski definition) is 4. The molecule has 1 saturated carbocycles. The van der Waals surface area contributed by atoms with E-state index in [0.717, 1.165) is 49.1 Å². The predicted molar refractivity (Wildman–Crippen MR) is 113 cm³/mol. The van der Waals surface area contributed by atoms with E-state index in [0.29, 0.717) is 6.42 Å². The molecule has 4 atom stereocenters. The molecule has 0 aromatic heterocycles. The molecule has 2 bridgehead atoms. The molecule has 5 aliphatic rings. The van der Waals surface area contributed by atoms with E-state index >= 15 is 0 Å². The average Bonchev–Trinajstić information content (AvgIpc) is 3.26. The maximum absolute atomic E-state index is 14.2. The van der Waals surface area contributed by atoms with Crippen molar-refractivity contribution in [3.05, 3.63) is 64.2 Å². The van der Waals surface area contributed by atoms with Gasteiger partial charge in [-0.15, -0.1) is 0 Å². The summed E-state index contributed by atoms with van der Waals surface area (Å²) in [5.41, 5.74) is 3.89. The van der Waals surface area contributed by atoms with Crippen molar-refractivity contribution in [1.82, 2.24) is 4.90 Å². The molecule has 2 fully saturated rings. The minimum absolute atomic E-state index is 0.0205. The van der Waals surface area contributed by atoms with Crippen LogP contribution in [-0.2, 0) is 29.5 Å². The molecule has 30 heavy (non-hydrogen) atoms. The van der Waals surface area contributed by atoms with E-state index in [1.165, 1.54) is 16.7 Å². The van der Waals surface area contributed by atoms with Gasteiger partial charge in [0.15, 0.2) is 11.9 Å². The first kappa shape index (κ1) is 17.5. The molecule has 2 aliphatic heterocycles. The fourth-order valence-electron chi connectivity index (χ4n) is 7.93. The maximum Gasteiger partial charge on any atom is 0.181 e. The largest absolute Gasteiger partial charge is 0.481 e. The lowest BCUT2D eigenvalue weighted by molar-refractivity contribution is -0.206. The summed E-state index contributed by atoms with van der Waals surface area (Å²) in [5, 5.41) is 12.6. The van der Waals surface area contributed by atoms with Gasteiger partial charge in [-0.2, -0.15) is 0 Å². The summed E-state index contributed by atoms with van der Waals surface area (Å²) in [5.74, 6) is 1.09. The number of Topliss-reactive ketones (excluding diaryl/α,β-unsaturated/α-hetero) is 1.